The van der Waals surface area contributed by atoms with E-state index in [-0.39, 0.29) is 16.9 Å². The Morgan fingerprint density at radius 3 is 2.25 bits per heavy atom. The van der Waals surface area contributed by atoms with Crippen LogP contribution in [0.3, 0.4) is 0 Å². The van der Waals surface area contributed by atoms with Gasteiger partial charge in [-0.3, -0.25) is 0 Å². The molecule has 3 aromatic carbocycles. The van der Waals surface area contributed by atoms with E-state index in [9.17, 15) is 15.2 Å². The molecule has 0 amide bonds. The van der Waals surface area contributed by atoms with E-state index >= 15 is 0 Å². The van der Waals surface area contributed by atoms with Crippen LogP contribution in [0.2, 0.25) is 0 Å². The number of esters is 1. The van der Waals surface area contributed by atoms with Crippen molar-refractivity contribution in [2.75, 3.05) is 7.11 Å². The molecule has 0 radical (unpaired) electrons. The summed E-state index contributed by atoms with van der Waals surface area (Å²) in [7, 11) is 1.26. The molecule has 0 aliphatic heterocycles. The number of hydrogen-bond donors (Lipinski definition) is 1. The standard InChI is InChI=1S/C25H18N4O3/c1-15-8-10-20(21(30)12-15)24-28-22(16-6-4-3-5-7-16)27-23(29-24)17-9-11-19(25(31)32-2)18(13-17)14-26/h3-13,30H,1-2H3. The first-order valence-electron chi connectivity index (χ1n) is 9.74. The van der Waals surface area contributed by atoms with Crippen LogP contribution in [0.5, 0.6) is 5.75 Å². The molecule has 0 saturated heterocycles. The van der Waals surface area contributed by atoms with Gasteiger partial charge in [0.1, 0.15) is 11.8 Å². The lowest BCUT2D eigenvalue weighted by Crippen LogP contribution is -2.05. The maximum atomic E-state index is 11.9. The topological polar surface area (TPSA) is 109 Å². The Morgan fingerprint density at radius 2 is 1.59 bits per heavy atom. The molecule has 32 heavy (non-hydrogen) atoms. The number of nitriles is 1. The Bertz CT molecular complexity index is 1360. The summed E-state index contributed by atoms with van der Waals surface area (Å²) in [5, 5.41) is 20.0. The van der Waals surface area contributed by atoms with E-state index in [0.29, 0.717) is 28.6 Å². The zero-order valence-corrected chi connectivity index (χ0v) is 17.4. The van der Waals surface area contributed by atoms with E-state index < -0.39 is 5.97 Å². The Morgan fingerprint density at radius 1 is 0.906 bits per heavy atom. The number of benzene rings is 3. The number of nitrogens with zero attached hydrogens (tertiary/aromatic N) is 4. The molecular weight excluding hydrogens is 404 g/mol. The second-order valence-corrected chi connectivity index (χ2v) is 7.06. The molecule has 0 unspecified atom stereocenters. The van der Waals surface area contributed by atoms with Crippen LogP contribution in [-0.2, 0) is 4.74 Å². The normalized spacial score (nSPS) is 10.4. The molecule has 7 nitrogen and oxygen atoms in total. The van der Waals surface area contributed by atoms with Gasteiger partial charge < -0.3 is 9.84 Å². The number of carbonyl (C=O) groups is 1. The van der Waals surface area contributed by atoms with Crippen molar-refractivity contribution in [3.63, 3.8) is 0 Å². The van der Waals surface area contributed by atoms with E-state index in [1.807, 2.05) is 49.4 Å². The minimum atomic E-state index is -0.598. The fraction of sp³-hybridized carbons (Fsp3) is 0.0800. The lowest BCUT2D eigenvalue weighted by atomic mass is 10.0. The Balaban J connectivity index is 1.92. The van der Waals surface area contributed by atoms with Crippen LogP contribution < -0.4 is 0 Å². The predicted octanol–water partition coefficient (Wildman–Crippen LogP) is 4.54. The molecule has 0 spiro atoms. The highest BCUT2D eigenvalue weighted by molar-refractivity contribution is 5.93. The van der Waals surface area contributed by atoms with Gasteiger partial charge in [-0.05, 0) is 36.8 Å². The SMILES string of the molecule is COC(=O)c1ccc(-c2nc(-c3ccccc3)nc(-c3ccc(C)cc3O)n2)cc1C#N. The van der Waals surface area contributed by atoms with Crippen molar-refractivity contribution < 1.29 is 14.6 Å². The molecule has 0 bridgehead atoms. The summed E-state index contributed by atoms with van der Waals surface area (Å²) in [5.74, 6) is 0.476. The van der Waals surface area contributed by atoms with Crippen LogP contribution in [0.4, 0.5) is 0 Å². The van der Waals surface area contributed by atoms with Crippen molar-refractivity contribution in [2.45, 2.75) is 6.92 Å². The Kier molecular flexibility index (Phi) is 5.60. The largest absolute Gasteiger partial charge is 0.507 e. The molecule has 0 saturated carbocycles. The first kappa shape index (κ1) is 20.7. The number of hydrogen-bond acceptors (Lipinski definition) is 7. The third-order valence-corrected chi connectivity index (χ3v) is 4.87. The molecule has 4 aromatic rings. The third kappa shape index (κ3) is 4.02. The zero-order chi connectivity index (χ0) is 22.7. The molecular formula is C25H18N4O3. The second kappa shape index (κ2) is 8.66. The quantitative estimate of drug-likeness (QED) is 0.481. The number of phenolic OH excluding ortho intramolecular Hbond substituents is 1. The first-order valence-corrected chi connectivity index (χ1v) is 9.74. The highest BCUT2D eigenvalue weighted by Crippen LogP contribution is 2.31. The molecule has 1 heterocycles. The third-order valence-electron chi connectivity index (χ3n) is 4.87. The van der Waals surface area contributed by atoms with Crippen LogP contribution in [0, 0.1) is 18.3 Å². The summed E-state index contributed by atoms with van der Waals surface area (Å²) in [4.78, 5) is 25.7. The minimum absolute atomic E-state index is 0.0555. The van der Waals surface area contributed by atoms with Gasteiger partial charge in [0, 0.05) is 11.1 Å². The summed E-state index contributed by atoms with van der Waals surface area (Å²) in [6.07, 6.45) is 0. The van der Waals surface area contributed by atoms with Gasteiger partial charge in [0.25, 0.3) is 0 Å². The lowest BCUT2D eigenvalue weighted by Gasteiger charge is -2.10. The van der Waals surface area contributed by atoms with Gasteiger partial charge >= 0.3 is 5.97 Å². The Labute approximate surface area is 184 Å². The van der Waals surface area contributed by atoms with Crippen molar-refractivity contribution in [2.24, 2.45) is 0 Å². The smallest absolute Gasteiger partial charge is 0.339 e. The van der Waals surface area contributed by atoms with Gasteiger partial charge in [-0.2, -0.15) is 5.26 Å². The summed E-state index contributed by atoms with van der Waals surface area (Å²) in [5.41, 5.74) is 2.98. The molecule has 4 rings (SSSR count). The van der Waals surface area contributed by atoms with E-state index in [0.717, 1.165) is 11.1 Å². The fourth-order valence-electron chi connectivity index (χ4n) is 3.24. The van der Waals surface area contributed by atoms with Crippen LogP contribution in [-0.4, -0.2) is 33.1 Å². The summed E-state index contributed by atoms with van der Waals surface area (Å²) < 4.78 is 4.74. The van der Waals surface area contributed by atoms with Crippen molar-refractivity contribution in [1.82, 2.24) is 15.0 Å². The molecule has 1 aromatic heterocycles. The number of aromatic nitrogens is 3. The van der Waals surface area contributed by atoms with E-state index in [1.165, 1.54) is 19.2 Å². The molecule has 1 N–H and O–H groups in total. The summed E-state index contributed by atoms with van der Waals surface area (Å²) >= 11 is 0. The van der Waals surface area contributed by atoms with Gasteiger partial charge in [0.2, 0.25) is 0 Å². The first-order chi connectivity index (χ1) is 15.5. The van der Waals surface area contributed by atoms with Gasteiger partial charge in [0.05, 0.1) is 23.8 Å². The number of aryl methyl sites for hydroxylation is 1. The molecule has 7 heteroatoms. The monoisotopic (exact) mass is 422 g/mol. The second-order valence-electron chi connectivity index (χ2n) is 7.06. The average molecular weight is 422 g/mol. The van der Waals surface area contributed by atoms with E-state index in [4.69, 9.17) is 4.74 Å². The van der Waals surface area contributed by atoms with Crippen molar-refractivity contribution in [1.29, 1.82) is 5.26 Å². The number of phenols is 1. The van der Waals surface area contributed by atoms with Gasteiger partial charge in [-0.15, -0.1) is 0 Å². The number of aromatic hydroxyl groups is 1. The van der Waals surface area contributed by atoms with E-state index in [2.05, 4.69) is 15.0 Å². The van der Waals surface area contributed by atoms with Crippen molar-refractivity contribution in [3.05, 3.63) is 83.4 Å². The molecule has 0 atom stereocenters. The highest BCUT2D eigenvalue weighted by atomic mass is 16.5. The zero-order valence-electron chi connectivity index (χ0n) is 17.4. The number of carbonyl (C=O) groups excluding carboxylic acids is 1. The van der Waals surface area contributed by atoms with Crippen LogP contribution in [0.25, 0.3) is 34.2 Å². The average Bonchev–Trinajstić information content (AvgIpc) is 2.83. The molecule has 156 valence electrons. The number of rotatable bonds is 4. The van der Waals surface area contributed by atoms with Crippen LogP contribution >= 0.6 is 0 Å². The highest BCUT2D eigenvalue weighted by Gasteiger charge is 2.17. The molecule has 0 fully saturated rings. The number of ether oxygens (including phenoxy) is 1. The van der Waals surface area contributed by atoms with Gasteiger partial charge in [0.15, 0.2) is 17.5 Å². The number of methoxy groups -OCH3 is 1. The molecule has 0 aliphatic rings. The van der Waals surface area contributed by atoms with Crippen molar-refractivity contribution >= 4 is 5.97 Å². The van der Waals surface area contributed by atoms with Gasteiger partial charge in [-0.25, -0.2) is 19.7 Å². The van der Waals surface area contributed by atoms with E-state index in [1.54, 1.807) is 18.2 Å². The summed E-state index contributed by atoms with van der Waals surface area (Å²) in [6, 6.07) is 21.4. The predicted molar refractivity (Wildman–Crippen MR) is 119 cm³/mol. The van der Waals surface area contributed by atoms with Crippen molar-refractivity contribution in [3.8, 4) is 46.0 Å². The molecule has 0 aliphatic carbocycles. The van der Waals surface area contributed by atoms with Gasteiger partial charge in [-0.1, -0.05) is 42.5 Å². The van der Waals surface area contributed by atoms with Crippen LogP contribution in [0.1, 0.15) is 21.5 Å². The Hall–Kier alpha value is -4.57. The lowest BCUT2D eigenvalue weighted by molar-refractivity contribution is 0.0600. The summed E-state index contributed by atoms with van der Waals surface area (Å²) in [6.45, 7) is 1.88. The fourth-order valence-corrected chi connectivity index (χ4v) is 3.24. The maximum Gasteiger partial charge on any atom is 0.339 e. The maximum absolute atomic E-state index is 11.9. The van der Waals surface area contributed by atoms with Crippen LogP contribution in [0.15, 0.2) is 66.7 Å². The minimum Gasteiger partial charge on any atom is -0.507 e.